The van der Waals surface area contributed by atoms with Gasteiger partial charge in [-0.05, 0) is 75.2 Å². The van der Waals surface area contributed by atoms with E-state index >= 15 is 0 Å². The normalized spacial score (nSPS) is 21.1. The fourth-order valence-corrected chi connectivity index (χ4v) is 5.74. The summed E-state index contributed by atoms with van der Waals surface area (Å²) in [5, 5.41) is 15.4. The molecule has 1 aliphatic heterocycles. The highest BCUT2D eigenvalue weighted by atomic mass is 19.1. The Bertz CT molecular complexity index is 1140. The van der Waals surface area contributed by atoms with Gasteiger partial charge in [0, 0.05) is 42.5 Å². The molecule has 1 aliphatic carbocycles. The summed E-state index contributed by atoms with van der Waals surface area (Å²) in [6, 6.07) is 10.0. The van der Waals surface area contributed by atoms with Crippen LogP contribution in [0.2, 0.25) is 0 Å². The van der Waals surface area contributed by atoms with Crippen LogP contribution in [0.4, 0.5) is 20.6 Å². The van der Waals surface area contributed by atoms with Crippen LogP contribution in [0, 0.1) is 17.7 Å². The maximum absolute atomic E-state index is 13.4. The van der Waals surface area contributed by atoms with Crippen LogP contribution in [0.15, 0.2) is 42.5 Å². The molecule has 0 bridgehead atoms. The third-order valence-corrected chi connectivity index (χ3v) is 8.06. The second-order valence-electron chi connectivity index (χ2n) is 11.5. The van der Waals surface area contributed by atoms with E-state index in [0.29, 0.717) is 35.2 Å². The molecule has 218 valence electrons. The Morgan fingerprint density at radius 3 is 2.48 bits per heavy atom. The SMILES string of the molecule is C[C@H](CO)N1C[C@H](C)[C@@H](CN(C)CC2CCCCC2)Oc2ccc(NC(=O)Nc3ccc(F)cc3)cc2CC1=O. The molecule has 2 aromatic rings. The van der Waals surface area contributed by atoms with Gasteiger partial charge in [-0.15, -0.1) is 0 Å². The van der Waals surface area contributed by atoms with Crippen molar-refractivity contribution in [3.8, 4) is 5.75 Å². The standard InChI is InChI=1S/C31H43FN4O4/c1-21-17-36(22(2)20-37)30(38)16-24-15-27(34-31(39)33-26-11-9-25(32)10-12-26)13-14-28(24)40-29(21)19-35(3)18-23-7-5-4-6-8-23/h9-15,21-23,29,37H,4-8,16-20H2,1-3H3,(H2,33,34,39)/t21-,22+,29+/m0/s1. The van der Waals surface area contributed by atoms with Gasteiger partial charge in [-0.3, -0.25) is 4.79 Å². The van der Waals surface area contributed by atoms with Crippen LogP contribution in [0.25, 0.3) is 0 Å². The van der Waals surface area contributed by atoms with Crippen LogP contribution in [-0.2, 0) is 11.2 Å². The number of anilines is 2. The van der Waals surface area contributed by atoms with E-state index in [-0.39, 0.29) is 42.8 Å². The number of likely N-dealkylation sites (N-methyl/N-ethyl adjacent to an activating group) is 1. The van der Waals surface area contributed by atoms with Crippen LogP contribution >= 0.6 is 0 Å². The average Bonchev–Trinajstić information content (AvgIpc) is 2.97. The molecule has 0 unspecified atom stereocenters. The van der Waals surface area contributed by atoms with Crippen LogP contribution in [0.5, 0.6) is 5.75 Å². The molecule has 3 atom stereocenters. The van der Waals surface area contributed by atoms with E-state index in [1.807, 2.05) is 13.0 Å². The quantitative estimate of drug-likeness (QED) is 0.421. The molecule has 2 aromatic carbocycles. The molecule has 2 aliphatic rings. The van der Waals surface area contributed by atoms with Crippen molar-refractivity contribution in [3.63, 3.8) is 0 Å². The number of nitrogens with zero attached hydrogens (tertiary/aromatic N) is 2. The molecule has 0 aromatic heterocycles. The first-order valence-corrected chi connectivity index (χ1v) is 14.4. The number of halogens is 1. The smallest absolute Gasteiger partial charge is 0.323 e. The zero-order valence-electron chi connectivity index (χ0n) is 23.9. The van der Waals surface area contributed by atoms with Crippen molar-refractivity contribution in [2.24, 2.45) is 11.8 Å². The van der Waals surface area contributed by atoms with E-state index in [2.05, 4.69) is 29.5 Å². The fourth-order valence-electron chi connectivity index (χ4n) is 5.74. The Balaban J connectivity index is 1.53. The Hall–Kier alpha value is -3.17. The van der Waals surface area contributed by atoms with Crippen LogP contribution in [0.1, 0.15) is 51.5 Å². The summed E-state index contributed by atoms with van der Waals surface area (Å²) in [6.07, 6.45) is 6.41. The van der Waals surface area contributed by atoms with E-state index in [1.54, 1.807) is 17.0 Å². The molecule has 0 spiro atoms. The second-order valence-corrected chi connectivity index (χ2v) is 11.5. The lowest BCUT2D eigenvalue weighted by atomic mass is 9.89. The summed E-state index contributed by atoms with van der Waals surface area (Å²) in [7, 11) is 2.14. The van der Waals surface area contributed by atoms with Gasteiger partial charge in [0.05, 0.1) is 19.1 Å². The molecular weight excluding hydrogens is 511 g/mol. The molecule has 40 heavy (non-hydrogen) atoms. The minimum Gasteiger partial charge on any atom is -0.488 e. The highest BCUT2D eigenvalue weighted by Gasteiger charge is 2.31. The Labute approximate surface area is 236 Å². The van der Waals surface area contributed by atoms with Crippen molar-refractivity contribution in [2.45, 2.75) is 64.5 Å². The number of hydrogen-bond acceptors (Lipinski definition) is 5. The molecule has 0 radical (unpaired) electrons. The maximum atomic E-state index is 13.4. The molecule has 3 amide bonds. The van der Waals surface area contributed by atoms with Crippen LogP contribution in [-0.4, -0.2) is 72.3 Å². The van der Waals surface area contributed by atoms with E-state index < -0.39 is 6.03 Å². The van der Waals surface area contributed by atoms with Gasteiger partial charge in [0.15, 0.2) is 0 Å². The number of carbonyl (C=O) groups excluding carboxylic acids is 2. The molecule has 1 saturated carbocycles. The van der Waals surface area contributed by atoms with Crippen molar-refractivity contribution in [1.29, 1.82) is 0 Å². The average molecular weight is 555 g/mol. The van der Waals surface area contributed by atoms with Gasteiger partial charge in [0.25, 0.3) is 0 Å². The summed E-state index contributed by atoms with van der Waals surface area (Å²) in [5.74, 6) is 0.893. The minimum absolute atomic E-state index is 0.0389. The van der Waals surface area contributed by atoms with Gasteiger partial charge in [-0.1, -0.05) is 26.2 Å². The van der Waals surface area contributed by atoms with Gasteiger partial charge < -0.3 is 30.3 Å². The van der Waals surface area contributed by atoms with Crippen molar-refractivity contribution in [3.05, 3.63) is 53.8 Å². The van der Waals surface area contributed by atoms with E-state index in [4.69, 9.17) is 4.74 Å². The molecular formula is C31H43FN4O4. The van der Waals surface area contributed by atoms with E-state index in [9.17, 15) is 19.1 Å². The predicted molar refractivity (Wildman–Crippen MR) is 155 cm³/mol. The monoisotopic (exact) mass is 554 g/mol. The van der Waals surface area contributed by atoms with Gasteiger partial charge in [0.2, 0.25) is 5.91 Å². The lowest BCUT2D eigenvalue weighted by molar-refractivity contribution is -0.134. The number of aliphatic hydroxyl groups is 1. The molecule has 0 saturated heterocycles. The van der Waals surface area contributed by atoms with Gasteiger partial charge in [-0.25, -0.2) is 9.18 Å². The van der Waals surface area contributed by atoms with Crippen molar-refractivity contribution >= 4 is 23.3 Å². The Kier molecular flexibility index (Phi) is 10.4. The molecule has 1 fully saturated rings. The van der Waals surface area contributed by atoms with Crippen molar-refractivity contribution < 1.29 is 23.8 Å². The molecule has 8 nitrogen and oxygen atoms in total. The number of ether oxygens (including phenoxy) is 1. The van der Waals surface area contributed by atoms with Crippen molar-refractivity contribution in [2.75, 3.05) is 43.9 Å². The Morgan fingerprint density at radius 1 is 1.10 bits per heavy atom. The fraction of sp³-hybridized carbons (Fsp3) is 0.548. The molecule has 9 heteroatoms. The highest BCUT2D eigenvalue weighted by molar-refractivity contribution is 5.99. The first-order valence-electron chi connectivity index (χ1n) is 14.4. The van der Waals surface area contributed by atoms with Gasteiger partial charge >= 0.3 is 6.03 Å². The number of hydrogen-bond donors (Lipinski definition) is 3. The third kappa shape index (κ3) is 8.17. The lowest BCUT2D eigenvalue weighted by Gasteiger charge is -2.35. The zero-order valence-corrected chi connectivity index (χ0v) is 23.9. The zero-order chi connectivity index (χ0) is 28.6. The number of urea groups is 1. The lowest BCUT2D eigenvalue weighted by Crippen LogP contribution is -2.48. The molecule has 3 N–H and O–H groups in total. The second kappa shape index (κ2) is 13.9. The number of fused-ring (bicyclic) bond motifs is 1. The number of aliphatic hydroxyl groups excluding tert-OH is 1. The largest absolute Gasteiger partial charge is 0.488 e. The number of nitrogens with one attached hydrogen (secondary N) is 2. The number of benzene rings is 2. The summed E-state index contributed by atoms with van der Waals surface area (Å²) in [5.41, 5.74) is 1.64. The third-order valence-electron chi connectivity index (χ3n) is 8.06. The van der Waals surface area contributed by atoms with E-state index in [1.165, 1.54) is 56.4 Å². The topological polar surface area (TPSA) is 94.1 Å². The number of amides is 3. The van der Waals surface area contributed by atoms with E-state index in [0.717, 1.165) is 13.1 Å². The summed E-state index contributed by atoms with van der Waals surface area (Å²) in [4.78, 5) is 30.1. The van der Waals surface area contributed by atoms with Gasteiger partial charge in [-0.2, -0.15) is 0 Å². The number of carbonyl (C=O) groups is 2. The summed E-state index contributed by atoms with van der Waals surface area (Å²) < 4.78 is 19.8. The van der Waals surface area contributed by atoms with Crippen molar-refractivity contribution in [1.82, 2.24) is 9.80 Å². The summed E-state index contributed by atoms with van der Waals surface area (Å²) in [6.45, 7) is 6.08. The molecule has 4 rings (SSSR count). The predicted octanol–water partition coefficient (Wildman–Crippen LogP) is 5.13. The maximum Gasteiger partial charge on any atom is 0.323 e. The summed E-state index contributed by atoms with van der Waals surface area (Å²) >= 11 is 0. The highest BCUT2D eigenvalue weighted by Crippen LogP contribution is 2.30. The number of rotatable bonds is 8. The Morgan fingerprint density at radius 2 is 1.77 bits per heavy atom. The van der Waals surface area contributed by atoms with Crippen LogP contribution < -0.4 is 15.4 Å². The first kappa shape index (κ1) is 29.8. The van der Waals surface area contributed by atoms with Gasteiger partial charge in [0.1, 0.15) is 17.7 Å². The molecule has 1 heterocycles. The van der Waals surface area contributed by atoms with Crippen LogP contribution in [0.3, 0.4) is 0 Å². The first-order chi connectivity index (χ1) is 19.2. The minimum atomic E-state index is -0.478.